The highest BCUT2D eigenvalue weighted by Crippen LogP contribution is 1.94. The predicted molar refractivity (Wildman–Crippen MR) is 205 cm³/mol. The van der Waals surface area contributed by atoms with Crippen LogP contribution in [-0.2, 0) is 61.7 Å². The Morgan fingerprint density at radius 3 is 0.884 bits per heavy atom. The predicted octanol–water partition coefficient (Wildman–Crippen LogP) is -14.0. The second-order valence-electron chi connectivity index (χ2n) is 7.96. The highest BCUT2D eigenvalue weighted by Gasteiger charge is 2.17. The molecular formula is C12H42O15Si16. The van der Waals surface area contributed by atoms with Crippen molar-refractivity contribution in [2.45, 2.75) is 0 Å². The first-order chi connectivity index (χ1) is 21.4. The maximum Gasteiger partial charge on any atom is 0.286 e. The molecule has 0 aliphatic carbocycles. The van der Waals surface area contributed by atoms with Gasteiger partial charge in [0.25, 0.3) is 140 Å². The molecule has 0 aliphatic heterocycles. The monoisotopic (exact) mass is 874 g/mol. The fraction of sp³-hybridized carbons (Fsp3) is 0. The van der Waals surface area contributed by atoms with Gasteiger partial charge in [-0.1, -0.05) is 60.7 Å². The number of benzene rings is 2. The molecule has 31 heteroatoms. The zero-order valence-electron chi connectivity index (χ0n) is 24.4. The average molecular weight is 876 g/mol. The van der Waals surface area contributed by atoms with Crippen molar-refractivity contribution in [3.05, 3.63) is 60.7 Å². The van der Waals surface area contributed by atoms with Gasteiger partial charge in [0.1, 0.15) is 10.5 Å². The lowest BCUT2D eigenvalue weighted by molar-refractivity contribution is 0.356. The topological polar surface area (TPSA) is 138 Å². The molecule has 2 aromatic carbocycles. The van der Waals surface area contributed by atoms with Crippen molar-refractivity contribution in [3.8, 4) is 0 Å². The van der Waals surface area contributed by atoms with Gasteiger partial charge in [0, 0.05) is 0 Å². The lowest BCUT2D eigenvalue weighted by Gasteiger charge is -2.17. The molecule has 0 aromatic heterocycles. The van der Waals surface area contributed by atoms with Crippen molar-refractivity contribution >= 4 is 170 Å². The Kier molecular flexibility index (Phi) is 30.0. The normalized spacial score (nSPS) is 15.5. The summed E-state index contributed by atoms with van der Waals surface area (Å²) in [6, 6.07) is 20.8. The molecule has 2 rings (SSSR count). The summed E-state index contributed by atoms with van der Waals surface area (Å²) in [5.41, 5.74) is 0. The molecule has 0 atom stereocenters. The Balaban J connectivity index is 1.26. The van der Waals surface area contributed by atoms with Gasteiger partial charge < -0.3 is 61.7 Å². The van der Waals surface area contributed by atoms with Crippen LogP contribution in [0.1, 0.15) is 0 Å². The van der Waals surface area contributed by atoms with Crippen LogP contribution in [0.15, 0.2) is 60.7 Å². The van der Waals surface area contributed by atoms with Gasteiger partial charge in [-0.3, -0.25) is 0 Å². The van der Waals surface area contributed by atoms with E-state index in [1.807, 2.05) is 12.1 Å². The van der Waals surface area contributed by atoms with E-state index in [9.17, 15) is 0 Å². The van der Waals surface area contributed by atoms with Crippen molar-refractivity contribution < 1.29 is 61.7 Å². The molecule has 0 bridgehead atoms. The van der Waals surface area contributed by atoms with Crippen LogP contribution in [0.5, 0.6) is 0 Å². The molecule has 0 amide bonds. The van der Waals surface area contributed by atoms with Gasteiger partial charge in [-0.15, -0.1) is 0 Å². The van der Waals surface area contributed by atoms with Gasteiger partial charge in [0.15, 0.2) is 0 Å². The minimum absolute atomic E-state index is 0.736. The number of rotatable bonds is 31. The fourth-order valence-corrected chi connectivity index (χ4v) is 31.9. The molecule has 0 heterocycles. The van der Waals surface area contributed by atoms with E-state index in [0.29, 0.717) is 0 Å². The standard InChI is InChI=1S/C12H42O15Si16/c28-13-29-14-30-15-31-16-32-17-33-18-34-19-35-20-36-21-37-22-38-23-39-24-40-25-41-26-42-27-43(11-7-3-1-4-8-11)12-9-5-2-6-10-12/h1-10,43H,29-42H2,28H3. The SMILES string of the molecule is [SiH3]O[SiH2]O[SiH2]O[SiH2]O[SiH2]O[SiH2]O[SiH2]O[SiH2]O[SiH2]O[SiH2]O[SiH2]O[SiH2]O[SiH2]O[SiH2]O[SiH2]O[SiH](c1ccccc1)c1ccccc1. The average Bonchev–Trinajstić information content (AvgIpc) is 3.05. The van der Waals surface area contributed by atoms with Gasteiger partial charge in [0.05, 0.1) is 0 Å². The highest BCUT2D eigenvalue weighted by molar-refractivity contribution is 6.82. The minimum Gasteiger partial charge on any atom is -0.449 e. The maximum atomic E-state index is 6.30. The molecule has 0 unspecified atom stereocenters. The second kappa shape index (κ2) is 31.9. The van der Waals surface area contributed by atoms with Gasteiger partial charge in [0.2, 0.25) is 9.04 Å². The van der Waals surface area contributed by atoms with Gasteiger partial charge in [-0.05, 0) is 10.4 Å². The van der Waals surface area contributed by atoms with Crippen LogP contribution >= 0.6 is 0 Å². The molecule has 244 valence electrons. The van der Waals surface area contributed by atoms with Crippen molar-refractivity contribution in [2.75, 3.05) is 0 Å². The third-order valence-electron chi connectivity index (χ3n) is 4.72. The van der Waals surface area contributed by atoms with Crippen LogP contribution in [0.2, 0.25) is 0 Å². The summed E-state index contributed by atoms with van der Waals surface area (Å²) >= 11 is 0. The molecule has 0 N–H and O–H groups in total. The third-order valence-corrected chi connectivity index (χ3v) is 26.9. The molecule has 0 saturated heterocycles. The minimum atomic E-state index is -1.73. The number of hydrogen-bond donors (Lipinski definition) is 0. The first-order valence-corrected chi connectivity index (χ1v) is 31.7. The summed E-state index contributed by atoms with van der Waals surface area (Å²) < 4.78 is 83.0. The van der Waals surface area contributed by atoms with Crippen LogP contribution in [0, 0.1) is 0 Å². The molecular weight excluding hydrogens is 833 g/mol. The Morgan fingerprint density at radius 1 is 0.349 bits per heavy atom. The van der Waals surface area contributed by atoms with Crippen molar-refractivity contribution in [2.24, 2.45) is 0 Å². The van der Waals surface area contributed by atoms with E-state index in [-0.39, 0.29) is 0 Å². The summed E-state index contributed by atoms with van der Waals surface area (Å²) in [6.07, 6.45) is 0. The summed E-state index contributed by atoms with van der Waals surface area (Å²) in [5, 5.41) is 2.51. The molecule has 0 fully saturated rings. The van der Waals surface area contributed by atoms with E-state index < -0.39 is 149 Å². The van der Waals surface area contributed by atoms with E-state index >= 15 is 0 Å². The van der Waals surface area contributed by atoms with Crippen LogP contribution in [-0.4, -0.2) is 160 Å². The summed E-state index contributed by atoms with van der Waals surface area (Å²) in [4.78, 5) is 0. The smallest absolute Gasteiger partial charge is 0.286 e. The van der Waals surface area contributed by atoms with Gasteiger partial charge in [-0.2, -0.15) is 0 Å². The zero-order chi connectivity index (χ0) is 30.3. The quantitative estimate of drug-likeness (QED) is 0.0524. The van der Waals surface area contributed by atoms with Crippen LogP contribution in [0.3, 0.4) is 0 Å². The van der Waals surface area contributed by atoms with Crippen molar-refractivity contribution in [3.63, 3.8) is 0 Å². The highest BCUT2D eigenvalue weighted by atomic mass is 28.4. The molecule has 0 radical (unpaired) electrons. The second-order valence-corrected chi connectivity index (χ2v) is 38.2. The lowest BCUT2D eigenvalue weighted by Crippen LogP contribution is -2.46. The van der Waals surface area contributed by atoms with Crippen LogP contribution < -0.4 is 10.4 Å². The van der Waals surface area contributed by atoms with Crippen LogP contribution in [0.4, 0.5) is 0 Å². The fourth-order valence-electron chi connectivity index (χ4n) is 2.99. The Bertz CT molecular complexity index is 822. The van der Waals surface area contributed by atoms with Crippen LogP contribution in [0.25, 0.3) is 0 Å². The molecule has 0 saturated carbocycles. The zero-order valence-corrected chi connectivity index (χ0v) is 47.3. The molecule has 43 heavy (non-hydrogen) atoms. The first-order valence-electron chi connectivity index (χ1n) is 13.1. The molecule has 0 aliphatic rings. The summed E-state index contributed by atoms with van der Waals surface area (Å²) in [6.45, 7) is 0. The first kappa shape index (κ1) is 40.5. The van der Waals surface area contributed by atoms with Crippen molar-refractivity contribution in [1.29, 1.82) is 0 Å². The summed E-state index contributed by atoms with van der Waals surface area (Å²) in [7, 11) is -15.0. The molecule has 15 nitrogen and oxygen atoms in total. The lowest BCUT2D eigenvalue weighted by atomic mass is 10.4. The molecule has 0 spiro atoms. The van der Waals surface area contributed by atoms with E-state index in [0.717, 1.165) is 10.5 Å². The van der Waals surface area contributed by atoms with E-state index in [4.69, 9.17) is 61.7 Å². The Hall–Kier alpha value is 1.31. The van der Waals surface area contributed by atoms with Gasteiger partial charge in [-0.25, -0.2) is 0 Å². The van der Waals surface area contributed by atoms with E-state index in [1.165, 1.54) is 10.4 Å². The van der Waals surface area contributed by atoms with E-state index in [2.05, 4.69) is 48.5 Å². The number of hydrogen-bond acceptors (Lipinski definition) is 15. The molecule has 2 aromatic rings. The summed E-state index contributed by atoms with van der Waals surface area (Å²) in [5.74, 6) is 0. The van der Waals surface area contributed by atoms with Gasteiger partial charge >= 0.3 is 0 Å². The van der Waals surface area contributed by atoms with E-state index in [1.54, 1.807) is 0 Å². The van der Waals surface area contributed by atoms with Crippen molar-refractivity contribution in [1.82, 2.24) is 0 Å². The maximum absolute atomic E-state index is 6.30. The third kappa shape index (κ3) is 24.2. The largest absolute Gasteiger partial charge is 0.449 e. The Morgan fingerprint density at radius 2 is 0.605 bits per heavy atom. The Labute approximate surface area is 290 Å².